The highest BCUT2D eigenvalue weighted by Crippen LogP contribution is 2.40. The third-order valence-corrected chi connectivity index (χ3v) is 4.44. The minimum absolute atomic E-state index is 0.327. The maximum atomic E-state index is 11.1. The summed E-state index contributed by atoms with van der Waals surface area (Å²) in [6, 6.07) is 0. The summed E-state index contributed by atoms with van der Waals surface area (Å²) >= 11 is 0. The van der Waals surface area contributed by atoms with Crippen LogP contribution in [0.25, 0.3) is 0 Å². The molecule has 4 heteroatoms. The Morgan fingerprint density at radius 2 is 2.27 bits per heavy atom. The van der Waals surface area contributed by atoms with Crippen molar-refractivity contribution in [2.75, 3.05) is 38.2 Å². The fourth-order valence-corrected chi connectivity index (χ4v) is 3.06. The molecule has 1 saturated heterocycles. The quantitative estimate of drug-likeness (QED) is 0.760. The normalized spacial score (nSPS) is 35.3. The first-order valence-corrected chi connectivity index (χ1v) is 7.60. The third-order valence-electron chi connectivity index (χ3n) is 3.68. The fraction of sp³-hybridized carbons (Fsp3) is 1.00. The van der Waals surface area contributed by atoms with Gasteiger partial charge in [-0.25, -0.2) is 0 Å². The van der Waals surface area contributed by atoms with Crippen LogP contribution in [0.5, 0.6) is 0 Å². The van der Waals surface area contributed by atoms with Crippen LogP contribution in [0.1, 0.15) is 19.8 Å². The molecule has 1 heterocycles. The summed E-state index contributed by atoms with van der Waals surface area (Å²) in [5.74, 6) is 1.70. The highest BCUT2D eigenvalue weighted by molar-refractivity contribution is 7.84. The van der Waals surface area contributed by atoms with Gasteiger partial charge in [-0.2, -0.15) is 0 Å². The highest BCUT2D eigenvalue weighted by atomic mass is 32.2. The van der Waals surface area contributed by atoms with Gasteiger partial charge in [0.05, 0.1) is 0 Å². The Labute approximate surface area is 95.1 Å². The van der Waals surface area contributed by atoms with E-state index < -0.39 is 10.8 Å². The average Bonchev–Trinajstić information content (AvgIpc) is 2.98. The van der Waals surface area contributed by atoms with Gasteiger partial charge in [-0.1, -0.05) is 0 Å². The average molecular weight is 230 g/mol. The topological polar surface area (TPSA) is 32.3 Å². The maximum absolute atomic E-state index is 11.1. The molecule has 1 aliphatic carbocycles. The molecule has 0 aromatic heterocycles. The molecule has 0 spiro atoms. The van der Waals surface area contributed by atoms with Gasteiger partial charge >= 0.3 is 0 Å². The molecule has 2 atom stereocenters. The molecule has 0 amide bonds. The van der Waals surface area contributed by atoms with Gasteiger partial charge in [0.1, 0.15) is 0 Å². The minimum Gasteiger partial charge on any atom is -0.309 e. The van der Waals surface area contributed by atoms with Crippen LogP contribution in [0.3, 0.4) is 0 Å². The number of piperazine rings is 1. The molecular formula is C11H22N2OS. The summed E-state index contributed by atoms with van der Waals surface area (Å²) in [6.07, 6.45) is 4.57. The molecular weight excluding hydrogens is 208 g/mol. The molecule has 2 rings (SSSR count). The molecule has 2 fully saturated rings. The van der Waals surface area contributed by atoms with E-state index in [2.05, 4.69) is 17.1 Å². The SMILES string of the molecule is CS(=O)CCN1CCNC(C)(C2CC2)C1. The molecule has 1 N–H and O–H groups in total. The molecule has 88 valence electrons. The Morgan fingerprint density at radius 1 is 1.53 bits per heavy atom. The summed E-state index contributed by atoms with van der Waals surface area (Å²) in [7, 11) is -0.649. The first-order valence-electron chi connectivity index (χ1n) is 5.87. The van der Waals surface area contributed by atoms with E-state index in [1.165, 1.54) is 12.8 Å². The fourth-order valence-electron chi connectivity index (χ4n) is 2.54. The lowest BCUT2D eigenvalue weighted by molar-refractivity contribution is 0.133. The summed E-state index contributed by atoms with van der Waals surface area (Å²) in [5, 5.41) is 3.66. The summed E-state index contributed by atoms with van der Waals surface area (Å²) in [4.78, 5) is 2.47. The van der Waals surface area contributed by atoms with Gasteiger partial charge in [-0.15, -0.1) is 0 Å². The third kappa shape index (κ3) is 3.02. The maximum Gasteiger partial charge on any atom is 0.0359 e. The standard InChI is InChI=1S/C11H22N2OS/c1-11(10-3-4-10)9-13(6-5-12-11)7-8-15(2)14/h10,12H,3-9H2,1-2H3. The zero-order valence-electron chi connectivity index (χ0n) is 9.79. The van der Waals surface area contributed by atoms with E-state index in [1.807, 2.05) is 0 Å². The van der Waals surface area contributed by atoms with Crippen molar-refractivity contribution in [3.05, 3.63) is 0 Å². The van der Waals surface area contributed by atoms with Gasteiger partial charge in [-0.05, 0) is 25.7 Å². The van der Waals surface area contributed by atoms with Crippen molar-refractivity contribution in [2.24, 2.45) is 5.92 Å². The number of nitrogens with zero attached hydrogens (tertiary/aromatic N) is 1. The van der Waals surface area contributed by atoms with Crippen molar-refractivity contribution >= 4 is 10.8 Å². The van der Waals surface area contributed by atoms with Crippen LogP contribution < -0.4 is 5.32 Å². The highest BCUT2D eigenvalue weighted by Gasteiger charge is 2.43. The van der Waals surface area contributed by atoms with E-state index in [0.29, 0.717) is 5.54 Å². The second-order valence-electron chi connectivity index (χ2n) is 5.17. The molecule has 15 heavy (non-hydrogen) atoms. The van der Waals surface area contributed by atoms with Crippen LogP contribution in [0.2, 0.25) is 0 Å². The van der Waals surface area contributed by atoms with E-state index >= 15 is 0 Å². The lowest BCUT2D eigenvalue weighted by Gasteiger charge is -2.42. The Hall–Kier alpha value is 0.0700. The molecule has 0 radical (unpaired) electrons. The molecule has 1 saturated carbocycles. The molecule has 2 unspecified atom stereocenters. The van der Waals surface area contributed by atoms with Gasteiger partial charge in [-0.3, -0.25) is 9.11 Å². The van der Waals surface area contributed by atoms with Crippen LogP contribution in [0.4, 0.5) is 0 Å². The molecule has 0 bridgehead atoms. The first-order chi connectivity index (χ1) is 7.10. The summed E-state index contributed by atoms with van der Waals surface area (Å²) < 4.78 is 11.1. The Bertz CT molecular complexity index is 255. The minimum atomic E-state index is -0.649. The zero-order chi connectivity index (χ0) is 10.9. The lowest BCUT2D eigenvalue weighted by Crippen LogP contribution is -2.60. The molecule has 3 nitrogen and oxygen atoms in total. The van der Waals surface area contributed by atoms with Crippen molar-refractivity contribution in [1.82, 2.24) is 10.2 Å². The molecule has 0 aromatic rings. The molecule has 0 aromatic carbocycles. The van der Waals surface area contributed by atoms with E-state index in [0.717, 1.165) is 37.8 Å². The van der Waals surface area contributed by atoms with Crippen molar-refractivity contribution in [1.29, 1.82) is 0 Å². The number of rotatable bonds is 4. The molecule has 2 aliphatic rings. The van der Waals surface area contributed by atoms with E-state index in [9.17, 15) is 4.21 Å². The van der Waals surface area contributed by atoms with Gasteiger partial charge in [0.2, 0.25) is 0 Å². The smallest absolute Gasteiger partial charge is 0.0359 e. The van der Waals surface area contributed by atoms with Crippen LogP contribution >= 0.6 is 0 Å². The van der Waals surface area contributed by atoms with Crippen LogP contribution in [0.15, 0.2) is 0 Å². The van der Waals surface area contributed by atoms with E-state index in [-0.39, 0.29) is 0 Å². The predicted octanol–water partition coefficient (Wildman–Crippen LogP) is 0.439. The molecule has 1 aliphatic heterocycles. The van der Waals surface area contributed by atoms with Crippen molar-refractivity contribution in [3.63, 3.8) is 0 Å². The van der Waals surface area contributed by atoms with E-state index in [1.54, 1.807) is 6.26 Å². The Kier molecular flexibility index (Phi) is 3.48. The van der Waals surface area contributed by atoms with Crippen LogP contribution in [-0.2, 0) is 10.8 Å². The van der Waals surface area contributed by atoms with Crippen molar-refractivity contribution in [3.8, 4) is 0 Å². The lowest BCUT2D eigenvalue weighted by atomic mass is 9.93. The second kappa shape index (κ2) is 4.52. The Balaban J connectivity index is 1.83. The van der Waals surface area contributed by atoms with Gasteiger partial charge in [0.25, 0.3) is 0 Å². The largest absolute Gasteiger partial charge is 0.309 e. The number of nitrogens with one attached hydrogen (secondary N) is 1. The van der Waals surface area contributed by atoms with Gasteiger partial charge in [0, 0.05) is 54.5 Å². The summed E-state index contributed by atoms with van der Waals surface area (Å²) in [5.41, 5.74) is 0.327. The van der Waals surface area contributed by atoms with Crippen LogP contribution in [0, 0.1) is 5.92 Å². The van der Waals surface area contributed by atoms with Gasteiger partial charge in [0.15, 0.2) is 0 Å². The number of hydrogen-bond donors (Lipinski definition) is 1. The monoisotopic (exact) mass is 230 g/mol. The van der Waals surface area contributed by atoms with Gasteiger partial charge < -0.3 is 5.32 Å². The van der Waals surface area contributed by atoms with E-state index in [4.69, 9.17) is 0 Å². The predicted molar refractivity (Wildman–Crippen MR) is 64.5 cm³/mol. The summed E-state index contributed by atoms with van der Waals surface area (Å²) in [6.45, 7) is 6.67. The van der Waals surface area contributed by atoms with Crippen molar-refractivity contribution in [2.45, 2.75) is 25.3 Å². The van der Waals surface area contributed by atoms with Crippen molar-refractivity contribution < 1.29 is 4.21 Å². The number of hydrogen-bond acceptors (Lipinski definition) is 3. The van der Waals surface area contributed by atoms with Crippen LogP contribution in [-0.4, -0.2) is 52.8 Å². The Morgan fingerprint density at radius 3 is 2.87 bits per heavy atom. The first kappa shape index (κ1) is 11.6. The zero-order valence-corrected chi connectivity index (χ0v) is 10.6. The second-order valence-corrected chi connectivity index (χ2v) is 6.73.